The third kappa shape index (κ3) is 4.78. The van der Waals surface area contributed by atoms with Gasteiger partial charge in [0.05, 0.1) is 0 Å². The van der Waals surface area contributed by atoms with Gasteiger partial charge in [0.1, 0.15) is 0 Å². The van der Waals surface area contributed by atoms with Crippen LogP contribution in [0.15, 0.2) is 49.0 Å². The lowest BCUT2D eigenvalue weighted by Crippen LogP contribution is -1.89. The molecule has 2 aromatic rings. The van der Waals surface area contributed by atoms with Gasteiger partial charge >= 0.3 is 10.4 Å². The second-order valence-corrected chi connectivity index (χ2v) is 4.12. The predicted molar refractivity (Wildman–Crippen MR) is 68.2 cm³/mol. The van der Waals surface area contributed by atoms with Crippen LogP contribution in [0.2, 0.25) is 0 Å². The van der Waals surface area contributed by atoms with Crippen molar-refractivity contribution in [2.45, 2.75) is 0 Å². The molecule has 2 N–H and O–H groups in total. The van der Waals surface area contributed by atoms with Crippen molar-refractivity contribution in [3.63, 3.8) is 0 Å². The Morgan fingerprint density at radius 2 is 1.53 bits per heavy atom. The maximum absolute atomic E-state index is 8.74. The van der Waals surface area contributed by atoms with Gasteiger partial charge in [0, 0.05) is 0 Å². The van der Waals surface area contributed by atoms with Crippen LogP contribution in [-0.2, 0) is 10.4 Å². The fraction of sp³-hybridized carbons (Fsp3) is 0. The molecule has 2 aromatic carbocycles. The molecule has 0 bridgehead atoms. The van der Waals surface area contributed by atoms with Gasteiger partial charge in [0.15, 0.2) is 0 Å². The second-order valence-electron chi connectivity index (χ2n) is 3.22. The topological polar surface area (TPSA) is 74.6 Å². The number of fused-ring (bicyclic) bond motifs is 1. The second kappa shape index (κ2) is 5.58. The molecule has 0 unspecified atom stereocenters. The lowest BCUT2D eigenvalue weighted by molar-refractivity contribution is 0.381. The smallest absolute Gasteiger partial charge is 0.264 e. The molecule has 0 spiro atoms. The van der Waals surface area contributed by atoms with Crippen LogP contribution in [0, 0.1) is 0 Å². The Morgan fingerprint density at radius 1 is 1.00 bits per heavy atom. The molecular weight excluding hydrogens is 240 g/mol. The lowest BCUT2D eigenvalue weighted by Gasteiger charge is -1.99. The Labute approximate surface area is 99.8 Å². The summed E-state index contributed by atoms with van der Waals surface area (Å²) in [6.45, 7) is 3.78. The van der Waals surface area contributed by atoms with Gasteiger partial charge < -0.3 is 0 Å². The first kappa shape index (κ1) is 13.4. The van der Waals surface area contributed by atoms with E-state index in [4.69, 9.17) is 17.5 Å². The molecule has 17 heavy (non-hydrogen) atoms. The van der Waals surface area contributed by atoms with Crippen LogP contribution < -0.4 is 0 Å². The average molecular weight is 252 g/mol. The molecule has 0 fully saturated rings. The molecule has 0 aliphatic carbocycles. The first-order valence-electron chi connectivity index (χ1n) is 4.72. The molecule has 0 amide bonds. The summed E-state index contributed by atoms with van der Waals surface area (Å²) >= 11 is 0. The summed E-state index contributed by atoms with van der Waals surface area (Å²) < 4.78 is 31.6. The summed E-state index contributed by atoms with van der Waals surface area (Å²) in [6, 6.07) is 14.6. The van der Waals surface area contributed by atoms with E-state index < -0.39 is 10.4 Å². The zero-order valence-corrected chi connectivity index (χ0v) is 9.76. The minimum atomic E-state index is -4.67. The van der Waals surface area contributed by atoms with Gasteiger partial charge in [-0.25, -0.2) is 0 Å². The van der Waals surface area contributed by atoms with Crippen molar-refractivity contribution in [2.75, 3.05) is 0 Å². The van der Waals surface area contributed by atoms with Crippen LogP contribution in [0.5, 0.6) is 0 Å². The molecule has 0 aliphatic rings. The van der Waals surface area contributed by atoms with E-state index in [1.54, 1.807) is 0 Å². The zero-order valence-electron chi connectivity index (χ0n) is 8.95. The summed E-state index contributed by atoms with van der Waals surface area (Å²) in [4.78, 5) is 0. The van der Waals surface area contributed by atoms with Crippen molar-refractivity contribution in [1.82, 2.24) is 0 Å². The van der Waals surface area contributed by atoms with E-state index in [9.17, 15) is 0 Å². The first-order chi connectivity index (χ1) is 7.92. The molecule has 0 radical (unpaired) electrons. The van der Waals surface area contributed by atoms with E-state index in [1.165, 1.54) is 16.3 Å². The minimum absolute atomic E-state index is 1.20. The van der Waals surface area contributed by atoms with E-state index >= 15 is 0 Å². The Balaban J connectivity index is 0.000000249. The molecular formula is C12H12O4S. The van der Waals surface area contributed by atoms with Crippen LogP contribution in [0.4, 0.5) is 0 Å². The fourth-order valence-corrected chi connectivity index (χ4v) is 1.43. The normalized spacial score (nSPS) is 10.5. The van der Waals surface area contributed by atoms with Gasteiger partial charge in [-0.1, -0.05) is 55.1 Å². The Bertz CT molecular complexity index is 604. The molecule has 90 valence electrons. The third-order valence-electron chi connectivity index (χ3n) is 2.04. The third-order valence-corrected chi connectivity index (χ3v) is 2.04. The highest BCUT2D eigenvalue weighted by atomic mass is 32.3. The quantitative estimate of drug-likeness (QED) is 0.765. The van der Waals surface area contributed by atoms with Crippen LogP contribution in [0.1, 0.15) is 5.56 Å². The van der Waals surface area contributed by atoms with Crippen LogP contribution in [0.3, 0.4) is 0 Å². The van der Waals surface area contributed by atoms with Crippen molar-refractivity contribution in [3.8, 4) is 0 Å². The number of benzene rings is 2. The summed E-state index contributed by atoms with van der Waals surface area (Å²) in [5.74, 6) is 0. The van der Waals surface area contributed by atoms with Gasteiger partial charge in [-0.05, 0) is 16.3 Å². The van der Waals surface area contributed by atoms with Crippen LogP contribution in [0.25, 0.3) is 16.8 Å². The van der Waals surface area contributed by atoms with Crippen molar-refractivity contribution in [2.24, 2.45) is 0 Å². The lowest BCUT2D eigenvalue weighted by atomic mass is 10.1. The molecule has 2 rings (SSSR count). The first-order valence-corrected chi connectivity index (χ1v) is 6.11. The van der Waals surface area contributed by atoms with Crippen molar-refractivity contribution in [3.05, 3.63) is 54.6 Å². The van der Waals surface area contributed by atoms with Gasteiger partial charge in [-0.15, -0.1) is 0 Å². The summed E-state index contributed by atoms with van der Waals surface area (Å²) in [5.41, 5.74) is 1.20. The van der Waals surface area contributed by atoms with Crippen LogP contribution in [-0.4, -0.2) is 17.5 Å². The maximum Gasteiger partial charge on any atom is 0.394 e. The highest BCUT2D eigenvalue weighted by Gasteiger charge is 1.93. The molecule has 0 atom stereocenters. The van der Waals surface area contributed by atoms with E-state index in [2.05, 4.69) is 49.0 Å². The Morgan fingerprint density at radius 3 is 2.12 bits per heavy atom. The van der Waals surface area contributed by atoms with Gasteiger partial charge in [0.25, 0.3) is 0 Å². The predicted octanol–water partition coefficient (Wildman–Crippen LogP) is 2.83. The van der Waals surface area contributed by atoms with Crippen molar-refractivity contribution in [1.29, 1.82) is 0 Å². The Hall–Kier alpha value is -1.69. The van der Waals surface area contributed by atoms with Crippen LogP contribution >= 0.6 is 0 Å². The van der Waals surface area contributed by atoms with Gasteiger partial charge in [-0.3, -0.25) is 9.11 Å². The van der Waals surface area contributed by atoms with E-state index in [-0.39, 0.29) is 0 Å². The number of rotatable bonds is 1. The van der Waals surface area contributed by atoms with Gasteiger partial charge in [0.2, 0.25) is 0 Å². The molecule has 0 heterocycles. The van der Waals surface area contributed by atoms with Crippen molar-refractivity contribution >= 4 is 27.2 Å². The zero-order chi connectivity index (χ0) is 12.9. The number of hydrogen-bond donors (Lipinski definition) is 2. The number of hydrogen-bond acceptors (Lipinski definition) is 2. The molecule has 0 saturated carbocycles. The summed E-state index contributed by atoms with van der Waals surface area (Å²) in [7, 11) is -4.67. The standard InChI is InChI=1S/C12H10.H2O4S/c1-2-10-7-5-8-11-6-3-4-9-12(10)11;1-5(2,3)4/h2-9H,1H2;(H2,1,2,3,4). The molecule has 0 aliphatic heterocycles. The molecule has 5 heteroatoms. The van der Waals surface area contributed by atoms with E-state index in [0.29, 0.717) is 0 Å². The monoisotopic (exact) mass is 252 g/mol. The fourth-order valence-electron chi connectivity index (χ4n) is 1.43. The molecule has 0 saturated heterocycles. The largest absolute Gasteiger partial charge is 0.394 e. The Kier molecular flexibility index (Phi) is 4.39. The van der Waals surface area contributed by atoms with E-state index in [1.807, 2.05) is 6.08 Å². The SMILES string of the molecule is C=Cc1cccc2ccccc12.O=S(=O)(O)O. The highest BCUT2D eigenvalue weighted by Crippen LogP contribution is 2.18. The van der Waals surface area contributed by atoms with Crippen molar-refractivity contribution < 1.29 is 17.5 Å². The maximum atomic E-state index is 8.74. The van der Waals surface area contributed by atoms with Gasteiger partial charge in [-0.2, -0.15) is 8.42 Å². The van der Waals surface area contributed by atoms with E-state index in [0.717, 1.165) is 0 Å². The highest BCUT2D eigenvalue weighted by molar-refractivity contribution is 7.79. The molecule has 0 aromatic heterocycles. The average Bonchev–Trinajstić information content (AvgIpc) is 2.26. The molecule has 4 nitrogen and oxygen atoms in total. The minimum Gasteiger partial charge on any atom is -0.264 e. The summed E-state index contributed by atoms with van der Waals surface area (Å²) in [6.07, 6.45) is 1.89. The summed E-state index contributed by atoms with van der Waals surface area (Å²) in [5, 5.41) is 2.55.